The fourth-order valence-electron chi connectivity index (χ4n) is 1.48. The van der Waals surface area contributed by atoms with Crippen LogP contribution in [0.15, 0.2) is 24.3 Å². The third kappa shape index (κ3) is 4.26. The van der Waals surface area contributed by atoms with Crippen LogP contribution in [0.4, 0.5) is 0 Å². The van der Waals surface area contributed by atoms with Gasteiger partial charge < -0.3 is 4.74 Å². The van der Waals surface area contributed by atoms with Gasteiger partial charge >= 0.3 is 5.97 Å². The molecular formula is C13H16O3. The molecule has 0 saturated heterocycles. The maximum absolute atomic E-state index is 11.5. The van der Waals surface area contributed by atoms with Crippen molar-refractivity contribution in [2.24, 2.45) is 0 Å². The summed E-state index contributed by atoms with van der Waals surface area (Å²) < 4.78 is 4.48. The van der Waals surface area contributed by atoms with Crippen molar-refractivity contribution in [2.75, 3.05) is 7.11 Å². The number of hydrogen-bond donors (Lipinski definition) is 0. The van der Waals surface area contributed by atoms with E-state index >= 15 is 0 Å². The lowest BCUT2D eigenvalue weighted by molar-refractivity contribution is -0.141. The molecule has 1 rings (SSSR count). The highest BCUT2D eigenvalue weighted by molar-refractivity contribution is 5.84. The Morgan fingerprint density at radius 1 is 1.25 bits per heavy atom. The summed E-state index contributed by atoms with van der Waals surface area (Å²) in [5.74, 6) is -0.270. The summed E-state index contributed by atoms with van der Waals surface area (Å²) in [5, 5.41) is 0. The van der Waals surface area contributed by atoms with Crippen molar-refractivity contribution in [3.8, 4) is 0 Å². The Balaban J connectivity index is 2.43. The number of carbonyl (C=O) groups excluding carboxylic acids is 2. The number of methoxy groups -OCH3 is 1. The van der Waals surface area contributed by atoms with Gasteiger partial charge in [0.25, 0.3) is 0 Å². The van der Waals surface area contributed by atoms with Gasteiger partial charge in [-0.3, -0.25) is 9.59 Å². The van der Waals surface area contributed by atoms with Crippen molar-refractivity contribution in [3.05, 3.63) is 35.4 Å². The molecule has 0 atom stereocenters. The first-order chi connectivity index (χ1) is 7.61. The van der Waals surface area contributed by atoms with E-state index < -0.39 is 0 Å². The average molecular weight is 220 g/mol. The van der Waals surface area contributed by atoms with Crippen LogP contribution < -0.4 is 0 Å². The number of hydrogen-bond acceptors (Lipinski definition) is 3. The van der Waals surface area contributed by atoms with Gasteiger partial charge in [0.05, 0.1) is 13.5 Å². The molecule has 0 aliphatic heterocycles. The maximum atomic E-state index is 11.5. The molecule has 0 bridgehead atoms. The number of esters is 1. The Morgan fingerprint density at radius 2 is 2.00 bits per heavy atom. The largest absolute Gasteiger partial charge is 0.469 e. The molecule has 0 N–H and O–H groups in total. The first kappa shape index (κ1) is 12.4. The number of Topliss-reactive ketones (excluding diaryl/α,β-unsaturated/α-hetero) is 1. The normalized spacial score (nSPS) is 9.88. The summed E-state index contributed by atoms with van der Waals surface area (Å²) in [5.41, 5.74) is 2.13. The van der Waals surface area contributed by atoms with Gasteiger partial charge in [-0.1, -0.05) is 29.8 Å². The molecule has 0 radical (unpaired) electrons. The van der Waals surface area contributed by atoms with Crippen molar-refractivity contribution >= 4 is 11.8 Å². The summed E-state index contributed by atoms with van der Waals surface area (Å²) in [6.07, 6.45) is 0.806. The van der Waals surface area contributed by atoms with Gasteiger partial charge in [0.2, 0.25) is 0 Å². The van der Waals surface area contributed by atoms with Crippen LogP contribution in [0.25, 0.3) is 0 Å². The van der Waals surface area contributed by atoms with Crippen molar-refractivity contribution in [2.45, 2.75) is 26.2 Å². The predicted molar refractivity (Wildman–Crippen MR) is 61.1 cm³/mol. The fraction of sp³-hybridized carbons (Fsp3) is 0.385. The van der Waals surface area contributed by atoms with Gasteiger partial charge in [-0.2, -0.15) is 0 Å². The molecule has 86 valence electrons. The Kier molecular flexibility index (Phi) is 4.70. The van der Waals surface area contributed by atoms with Gasteiger partial charge in [-0.05, 0) is 12.5 Å². The summed E-state index contributed by atoms with van der Waals surface area (Å²) in [6.45, 7) is 1.99. The summed E-state index contributed by atoms with van der Waals surface area (Å²) in [4.78, 5) is 22.4. The van der Waals surface area contributed by atoms with Gasteiger partial charge in [0, 0.05) is 12.8 Å². The molecule has 0 aliphatic rings. The van der Waals surface area contributed by atoms with Crippen LogP contribution in [-0.2, 0) is 20.7 Å². The molecule has 0 unspecified atom stereocenters. The first-order valence-corrected chi connectivity index (χ1v) is 5.26. The van der Waals surface area contributed by atoms with E-state index in [-0.39, 0.29) is 24.6 Å². The molecule has 0 aromatic heterocycles. The lowest BCUT2D eigenvalue weighted by atomic mass is 10.0. The third-order valence-electron chi connectivity index (χ3n) is 2.32. The zero-order valence-electron chi connectivity index (χ0n) is 9.66. The maximum Gasteiger partial charge on any atom is 0.305 e. The second kappa shape index (κ2) is 6.05. The third-order valence-corrected chi connectivity index (χ3v) is 2.32. The van der Waals surface area contributed by atoms with Crippen molar-refractivity contribution in [1.29, 1.82) is 0 Å². The first-order valence-electron chi connectivity index (χ1n) is 5.26. The van der Waals surface area contributed by atoms with Crippen LogP contribution in [0.2, 0.25) is 0 Å². The molecule has 0 amide bonds. The van der Waals surface area contributed by atoms with Gasteiger partial charge in [-0.15, -0.1) is 0 Å². The molecule has 0 saturated carbocycles. The molecule has 16 heavy (non-hydrogen) atoms. The second-order valence-electron chi connectivity index (χ2n) is 3.78. The number of ether oxygens (including phenoxy) is 1. The highest BCUT2D eigenvalue weighted by Crippen LogP contribution is 2.07. The quantitative estimate of drug-likeness (QED) is 0.713. The SMILES string of the molecule is COC(=O)CCC(=O)Cc1cccc(C)c1. The van der Waals surface area contributed by atoms with E-state index in [4.69, 9.17) is 0 Å². The zero-order valence-corrected chi connectivity index (χ0v) is 9.66. The Bertz CT molecular complexity index is 383. The van der Waals surface area contributed by atoms with E-state index in [2.05, 4.69) is 4.74 Å². The molecule has 0 spiro atoms. The van der Waals surface area contributed by atoms with E-state index in [0.717, 1.165) is 11.1 Å². The lowest BCUT2D eigenvalue weighted by Gasteiger charge is -2.02. The van der Waals surface area contributed by atoms with E-state index in [9.17, 15) is 9.59 Å². The number of carbonyl (C=O) groups is 2. The number of rotatable bonds is 5. The Morgan fingerprint density at radius 3 is 2.62 bits per heavy atom. The Hall–Kier alpha value is -1.64. The number of aryl methyl sites for hydroxylation is 1. The highest BCUT2D eigenvalue weighted by Gasteiger charge is 2.07. The van der Waals surface area contributed by atoms with Crippen molar-refractivity contribution in [1.82, 2.24) is 0 Å². The van der Waals surface area contributed by atoms with E-state index in [1.165, 1.54) is 7.11 Å². The molecule has 0 heterocycles. The van der Waals surface area contributed by atoms with E-state index in [1.54, 1.807) is 0 Å². The summed E-state index contributed by atoms with van der Waals surface area (Å²) in [6, 6.07) is 7.82. The number of ketones is 1. The molecule has 0 aliphatic carbocycles. The standard InChI is InChI=1S/C13H16O3/c1-10-4-3-5-11(8-10)9-12(14)6-7-13(15)16-2/h3-5,8H,6-7,9H2,1-2H3. The monoisotopic (exact) mass is 220 g/mol. The average Bonchev–Trinajstić information content (AvgIpc) is 2.26. The molecule has 3 heteroatoms. The molecule has 0 fully saturated rings. The van der Waals surface area contributed by atoms with Crippen molar-refractivity contribution in [3.63, 3.8) is 0 Å². The molecular weight excluding hydrogens is 204 g/mol. The highest BCUT2D eigenvalue weighted by atomic mass is 16.5. The second-order valence-corrected chi connectivity index (χ2v) is 3.78. The van der Waals surface area contributed by atoms with Crippen LogP contribution in [0.1, 0.15) is 24.0 Å². The fourth-order valence-corrected chi connectivity index (χ4v) is 1.48. The van der Waals surface area contributed by atoms with Crippen LogP contribution in [-0.4, -0.2) is 18.9 Å². The number of benzene rings is 1. The van der Waals surface area contributed by atoms with Crippen LogP contribution in [0, 0.1) is 6.92 Å². The van der Waals surface area contributed by atoms with Gasteiger partial charge in [0.15, 0.2) is 0 Å². The van der Waals surface area contributed by atoms with Crippen LogP contribution >= 0.6 is 0 Å². The smallest absolute Gasteiger partial charge is 0.305 e. The minimum Gasteiger partial charge on any atom is -0.469 e. The molecule has 1 aromatic carbocycles. The Labute approximate surface area is 95.4 Å². The topological polar surface area (TPSA) is 43.4 Å². The van der Waals surface area contributed by atoms with Gasteiger partial charge in [0.1, 0.15) is 5.78 Å². The van der Waals surface area contributed by atoms with Crippen molar-refractivity contribution < 1.29 is 14.3 Å². The van der Waals surface area contributed by atoms with Gasteiger partial charge in [-0.25, -0.2) is 0 Å². The van der Waals surface area contributed by atoms with Crippen LogP contribution in [0.5, 0.6) is 0 Å². The summed E-state index contributed by atoms with van der Waals surface area (Å²) in [7, 11) is 1.33. The van der Waals surface area contributed by atoms with E-state index in [0.29, 0.717) is 6.42 Å². The van der Waals surface area contributed by atoms with E-state index in [1.807, 2.05) is 31.2 Å². The van der Waals surface area contributed by atoms with Crippen LogP contribution in [0.3, 0.4) is 0 Å². The summed E-state index contributed by atoms with van der Waals surface area (Å²) >= 11 is 0. The minimum absolute atomic E-state index is 0.0657. The molecule has 1 aromatic rings. The lowest BCUT2D eigenvalue weighted by Crippen LogP contribution is -2.07. The predicted octanol–water partition coefficient (Wildman–Crippen LogP) is 2.06. The molecule has 3 nitrogen and oxygen atoms in total. The zero-order chi connectivity index (χ0) is 12.0. The minimum atomic E-state index is -0.336.